The van der Waals surface area contributed by atoms with E-state index in [9.17, 15) is 4.79 Å². The van der Waals surface area contributed by atoms with Crippen molar-refractivity contribution in [3.8, 4) is 0 Å². The van der Waals surface area contributed by atoms with Crippen molar-refractivity contribution in [1.29, 1.82) is 0 Å². The van der Waals surface area contributed by atoms with E-state index < -0.39 is 5.97 Å². The molecule has 55 valence electrons. The summed E-state index contributed by atoms with van der Waals surface area (Å²) in [6, 6.07) is 0. The van der Waals surface area contributed by atoms with Crippen LogP contribution in [0.3, 0.4) is 0 Å². The molecule has 2 heteroatoms. The second-order valence-corrected chi connectivity index (χ2v) is 1.64. The lowest BCUT2D eigenvalue weighted by molar-refractivity contribution is -0.137. The van der Waals surface area contributed by atoms with Gasteiger partial charge in [-0.1, -0.05) is 27.2 Å². The minimum Gasteiger partial charge on any atom is -0.481 e. The molecule has 0 aliphatic rings. The molecule has 0 fully saturated rings. The van der Waals surface area contributed by atoms with Crippen LogP contribution in [0.1, 0.15) is 33.1 Å². The lowest BCUT2D eigenvalue weighted by Crippen LogP contribution is -1.90. The van der Waals surface area contributed by atoms with E-state index in [-0.39, 0.29) is 0 Å². The zero-order valence-corrected chi connectivity index (χ0v) is 6.18. The Labute approximate surface area is 56.9 Å². The monoisotopic (exact) mass is 131 g/mol. The molecule has 0 rings (SSSR count). The number of hydrogen-bond donors (Lipinski definition) is 1. The topological polar surface area (TPSA) is 37.3 Å². The molecule has 0 aromatic carbocycles. The predicted octanol–water partition coefficient (Wildman–Crippen LogP) is 2.10. The van der Waals surface area contributed by atoms with Gasteiger partial charge in [0.25, 0.3) is 0 Å². The van der Waals surface area contributed by atoms with Crippen LogP contribution < -0.4 is 0 Å². The lowest BCUT2D eigenvalue weighted by atomic mass is 10.4. The van der Waals surface area contributed by atoms with Crippen LogP contribution in [-0.2, 0) is 4.79 Å². The Bertz CT molecular complexity index is 59.9. The first kappa shape index (κ1) is 11.3. The maximum atomic E-state index is 9.60. The molecule has 0 unspecified atom stereocenters. The Hall–Kier alpha value is -0.530. The minimum atomic E-state index is -0.711. The highest BCUT2D eigenvalue weighted by molar-refractivity contribution is 5.66. The SMILES string of the molecule is CCCC(=O)O.[CH2]CC. The maximum absolute atomic E-state index is 9.60. The van der Waals surface area contributed by atoms with E-state index in [0.29, 0.717) is 6.42 Å². The maximum Gasteiger partial charge on any atom is 0.303 e. The fourth-order valence-electron chi connectivity index (χ4n) is 0.214. The van der Waals surface area contributed by atoms with Crippen molar-refractivity contribution in [2.75, 3.05) is 0 Å². The van der Waals surface area contributed by atoms with Gasteiger partial charge in [-0.25, -0.2) is 0 Å². The molecule has 1 N–H and O–H groups in total. The van der Waals surface area contributed by atoms with E-state index in [1.54, 1.807) is 0 Å². The number of carbonyl (C=O) groups is 1. The first-order valence-corrected chi connectivity index (χ1v) is 3.20. The van der Waals surface area contributed by atoms with Crippen LogP contribution >= 0.6 is 0 Å². The highest BCUT2D eigenvalue weighted by Crippen LogP contribution is 1.82. The van der Waals surface area contributed by atoms with Gasteiger partial charge in [0.2, 0.25) is 0 Å². The van der Waals surface area contributed by atoms with Crippen molar-refractivity contribution >= 4 is 5.97 Å². The molecular formula is C7H15O2. The van der Waals surface area contributed by atoms with Crippen LogP contribution in [-0.4, -0.2) is 11.1 Å². The summed E-state index contributed by atoms with van der Waals surface area (Å²) in [6.07, 6.45) is 2.02. The average molecular weight is 131 g/mol. The molecule has 0 spiro atoms. The molecule has 0 saturated carbocycles. The summed E-state index contributed by atoms with van der Waals surface area (Å²) in [5.74, 6) is -0.711. The van der Waals surface area contributed by atoms with Crippen molar-refractivity contribution in [3.63, 3.8) is 0 Å². The highest BCUT2D eigenvalue weighted by atomic mass is 16.4. The molecule has 2 nitrogen and oxygen atoms in total. The van der Waals surface area contributed by atoms with Crippen molar-refractivity contribution in [2.45, 2.75) is 33.1 Å². The summed E-state index contributed by atoms with van der Waals surface area (Å²) in [6.45, 7) is 7.34. The summed E-state index contributed by atoms with van der Waals surface area (Å²) in [5.41, 5.74) is 0. The molecule has 0 saturated heterocycles. The van der Waals surface area contributed by atoms with E-state index in [4.69, 9.17) is 5.11 Å². The smallest absolute Gasteiger partial charge is 0.303 e. The molecule has 0 atom stereocenters. The Kier molecular flexibility index (Phi) is 13.1. The van der Waals surface area contributed by atoms with Gasteiger partial charge in [-0.2, -0.15) is 0 Å². The van der Waals surface area contributed by atoms with Gasteiger partial charge >= 0.3 is 5.97 Å². The first-order valence-electron chi connectivity index (χ1n) is 3.20. The Balaban J connectivity index is 0. The predicted molar refractivity (Wildman–Crippen MR) is 38.2 cm³/mol. The minimum absolute atomic E-state index is 0.292. The first-order chi connectivity index (χ1) is 4.18. The number of rotatable bonds is 2. The third kappa shape index (κ3) is 36.6. The molecule has 0 aliphatic heterocycles. The van der Waals surface area contributed by atoms with Gasteiger partial charge in [0.05, 0.1) is 0 Å². The van der Waals surface area contributed by atoms with E-state index in [2.05, 4.69) is 6.92 Å². The summed E-state index contributed by atoms with van der Waals surface area (Å²) >= 11 is 0. The molecule has 0 bridgehead atoms. The van der Waals surface area contributed by atoms with Gasteiger partial charge < -0.3 is 5.11 Å². The average Bonchev–Trinajstić information content (AvgIpc) is 1.67. The molecule has 0 heterocycles. The number of carboxylic acid groups (broad SMARTS) is 1. The quantitative estimate of drug-likeness (QED) is 0.623. The summed E-state index contributed by atoms with van der Waals surface area (Å²) in [4.78, 5) is 9.60. The third-order valence-corrected chi connectivity index (χ3v) is 0.464. The third-order valence-electron chi connectivity index (χ3n) is 0.464. The molecule has 0 aromatic rings. The number of carboxylic acids is 1. The van der Waals surface area contributed by atoms with Gasteiger partial charge in [-0.3, -0.25) is 4.79 Å². The van der Waals surface area contributed by atoms with E-state index in [1.165, 1.54) is 0 Å². The van der Waals surface area contributed by atoms with Crippen LogP contribution in [0.15, 0.2) is 0 Å². The van der Waals surface area contributed by atoms with Gasteiger partial charge in [0.1, 0.15) is 0 Å². The van der Waals surface area contributed by atoms with Crippen LogP contribution in [0.4, 0.5) is 0 Å². The van der Waals surface area contributed by atoms with Gasteiger partial charge in [-0.15, -0.1) is 0 Å². The fourth-order valence-corrected chi connectivity index (χ4v) is 0.214. The molecule has 0 aliphatic carbocycles. The van der Waals surface area contributed by atoms with Gasteiger partial charge in [0, 0.05) is 6.42 Å². The molecule has 1 radical (unpaired) electrons. The highest BCUT2D eigenvalue weighted by Gasteiger charge is 1.87. The number of hydrogen-bond acceptors (Lipinski definition) is 1. The summed E-state index contributed by atoms with van der Waals surface area (Å²) < 4.78 is 0. The molecule has 9 heavy (non-hydrogen) atoms. The van der Waals surface area contributed by atoms with Crippen LogP contribution in [0.2, 0.25) is 0 Å². The normalized spacial score (nSPS) is 7.44. The molecule has 0 amide bonds. The van der Waals surface area contributed by atoms with Crippen molar-refractivity contribution < 1.29 is 9.90 Å². The molecular weight excluding hydrogens is 116 g/mol. The second-order valence-electron chi connectivity index (χ2n) is 1.64. The Morgan fingerprint density at radius 2 is 1.89 bits per heavy atom. The standard InChI is InChI=1S/C4H8O2.C3H7/c1-2-3-4(5)6;1-3-2/h2-3H2,1H3,(H,5,6);1,3H2,2H3. The summed E-state index contributed by atoms with van der Waals surface area (Å²) in [5, 5.41) is 7.91. The van der Waals surface area contributed by atoms with Crippen molar-refractivity contribution in [3.05, 3.63) is 6.92 Å². The van der Waals surface area contributed by atoms with Gasteiger partial charge in [0.15, 0.2) is 0 Å². The fraction of sp³-hybridized carbons (Fsp3) is 0.714. The van der Waals surface area contributed by atoms with Crippen molar-refractivity contribution in [2.24, 2.45) is 0 Å². The van der Waals surface area contributed by atoms with Crippen molar-refractivity contribution in [1.82, 2.24) is 0 Å². The largest absolute Gasteiger partial charge is 0.481 e. The van der Waals surface area contributed by atoms with Crippen LogP contribution in [0.5, 0.6) is 0 Å². The van der Waals surface area contributed by atoms with Gasteiger partial charge in [-0.05, 0) is 6.42 Å². The van der Waals surface area contributed by atoms with E-state index >= 15 is 0 Å². The zero-order valence-electron chi connectivity index (χ0n) is 6.18. The van der Waals surface area contributed by atoms with Crippen LogP contribution in [0.25, 0.3) is 0 Å². The van der Waals surface area contributed by atoms with E-state index in [1.807, 2.05) is 13.8 Å². The summed E-state index contributed by atoms with van der Waals surface area (Å²) in [7, 11) is 0. The molecule has 0 aromatic heterocycles. The lowest BCUT2D eigenvalue weighted by Gasteiger charge is -1.79. The Morgan fingerprint density at radius 3 is 1.89 bits per heavy atom. The van der Waals surface area contributed by atoms with E-state index in [0.717, 1.165) is 12.8 Å². The Morgan fingerprint density at radius 1 is 1.56 bits per heavy atom. The second kappa shape index (κ2) is 10.5. The van der Waals surface area contributed by atoms with Crippen LogP contribution in [0, 0.1) is 6.92 Å². The number of aliphatic carboxylic acids is 1. The zero-order chi connectivity index (χ0) is 7.70.